The van der Waals surface area contributed by atoms with Gasteiger partial charge in [-0.3, -0.25) is 4.79 Å². The zero-order valence-electron chi connectivity index (χ0n) is 18.7. The van der Waals surface area contributed by atoms with Crippen LogP contribution in [-0.2, 0) is 6.42 Å². The number of aryl methyl sites for hydroxylation is 1. The molecule has 0 unspecified atom stereocenters. The van der Waals surface area contributed by atoms with E-state index in [-0.39, 0.29) is 18.0 Å². The Bertz CT molecular complexity index is 1360. The van der Waals surface area contributed by atoms with Gasteiger partial charge in [-0.15, -0.1) is 0 Å². The van der Waals surface area contributed by atoms with E-state index in [4.69, 9.17) is 9.47 Å². The number of fused-ring (bicyclic) bond motifs is 2. The second kappa shape index (κ2) is 9.19. The number of aliphatic hydroxyl groups is 1. The van der Waals surface area contributed by atoms with Crippen molar-refractivity contribution in [1.82, 2.24) is 10.3 Å². The number of halogens is 1. The minimum absolute atomic E-state index is 0.239. The number of para-hydroxylation sites is 1. The van der Waals surface area contributed by atoms with Crippen LogP contribution in [0.5, 0.6) is 11.5 Å². The molecule has 0 saturated carbocycles. The third-order valence-electron chi connectivity index (χ3n) is 6.02. The van der Waals surface area contributed by atoms with E-state index in [2.05, 4.69) is 10.3 Å². The summed E-state index contributed by atoms with van der Waals surface area (Å²) in [7, 11) is 0. The van der Waals surface area contributed by atoms with Gasteiger partial charge in [0.05, 0.1) is 18.2 Å². The first-order valence-corrected chi connectivity index (χ1v) is 11.2. The van der Waals surface area contributed by atoms with E-state index in [9.17, 15) is 14.3 Å². The number of nitrogens with one attached hydrogen (secondary N) is 2. The quantitative estimate of drug-likeness (QED) is 0.399. The van der Waals surface area contributed by atoms with Gasteiger partial charge in [0.1, 0.15) is 19.0 Å². The molecule has 0 aliphatic carbocycles. The van der Waals surface area contributed by atoms with Crippen molar-refractivity contribution in [3.8, 4) is 22.6 Å². The lowest BCUT2D eigenvalue weighted by Gasteiger charge is -2.23. The molecule has 1 amide bonds. The molecule has 174 valence electrons. The van der Waals surface area contributed by atoms with Crippen LogP contribution in [0.3, 0.4) is 0 Å². The molecule has 3 aromatic carbocycles. The van der Waals surface area contributed by atoms with E-state index < -0.39 is 11.9 Å². The first-order valence-electron chi connectivity index (χ1n) is 11.2. The second-order valence-electron chi connectivity index (χ2n) is 8.45. The molecular weight excluding hydrogens is 435 g/mol. The third-order valence-corrected chi connectivity index (χ3v) is 6.02. The number of aromatic nitrogens is 1. The second-order valence-corrected chi connectivity index (χ2v) is 8.45. The number of ether oxygens (including phenoxy) is 2. The van der Waals surface area contributed by atoms with Crippen molar-refractivity contribution >= 4 is 16.8 Å². The van der Waals surface area contributed by atoms with Crippen LogP contribution in [0, 0.1) is 12.7 Å². The van der Waals surface area contributed by atoms with Crippen molar-refractivity contribution in [2.24, 2.45) is 0 Å². The highest BCUT2D eigenvalue weighted by Gasteiger charge is 2.25. The molecule has 0 radical (unpaired) electrons. The minimum atomic E-state index is -0.522. The summed E-state index contributed by atoms with van der Waals surface area (Å²) in [5.41, 5.74) is 3.92. The molecule has 7 heteroatoms. The van der Waals surface area contributed by atoms with Crippen LogP contribution in [0.25, 0.3) is 22.0 Å². The molecule has 0 spiro atoms. The number of hydrogen-bond acceptors (Lipinski definition) is 4. The van der Waals surface area contributed by atoms with Crippen LogP contribution in [0.1, 0.15) is 21.5 Å². The largest absolute Gasteiger partial charge is 0.486 e. The molecule has 1 aliphatic rings. The Hall–Kier alpha value is -3.84. The monoisotopic (exact) mass is 460 g/mol. The molecule has 1 aromatic heterocycles. The molecule has 3 N–H and O–H groups in total. The zero-order chi connectivity index (χ0) is 23.7. The van der Waals surface area contributed by atoms with E-state index in [1.165, 1.54) is 6.07 Å². The fourth-order valence-electron chi connectivity index (χ4n) is 4.32. The summed E-state index contributed by atoms with van der Waals surface area (Å²) in [4.78, 5) is 16.6. The summed E-state index contributed by atoms with van der Waals surface area (Å²) in [6.45, 7) is 2.23. The maximum atomic E-state index is 14.7. The number of benzene rings is 3. The molecular formula is C27H25FN2O4. The zero-order valence-corrected chi connectivity index (χ0v) is 18.7. The highest BCUT2D eigenvalue weighted by atomic mass is 19.1. The standard InChI is InChI=1S/C27H25FN2O4/c1-16-6-7-20(23(28)10-16)17-12-22(26-25(13-17)33-8-9-34-26)27(32)30-19(15-31)11-18-14-29-24-5-3-2-4-21(18)24/h2-7,10,12-14,19,29,31H,8-9,11,15H2,1H3,(H,30,32)/t19-/m1/s1. The molecule has 1 atom stereocenters. The van der Waals surface area contributed by atoms with Gasteiger partial charge in [-0.2, -0.15) is 0 Å². The predicted molar refractivity (Wildman–Crippen MR) is 128 cm³/mol. The molecule has 4 aromatic rings. The van der Waals surface area contributed by atoms with Gasteiger partial charge < -0.3 is 24.9 Å². The van der Waals surface area contributed by atoms with Crippen LogP contribution < -0.4 is 14.8 Å². The van der Waals surface area contributed by atoms with Gasteiger partial charge in [0.15, 0.2) is 11.5 Å². The van der Waals surface area contributed by atoms with Crippen molar-refractivity contribution < 1.29 is 23.8 Å². The Labute approximate surface area is 196 Å². The van der Waals surface area contributed by atoms with E-state index in [0.717, 1.165) is 22.0 Å². The molecule has 2 heterocycles. The van der Waals surface area contributed by atoms with Gasteiger partial charge in [-0.1, -0.05) is 30.3 Å². The Morgan fingerprint density at radius 2 is 1.97 bits per heavy atom. The van der Waals surface area contributed by atoms with Gasteiger partial charge in [-0.05, 0) is 54.3 Å². The first kappa shape index (κ1) is 22.0. The normalized spacial score (nSPS) is 13.6. The molecule has 0 fully saturated rings. The van der Waals surface area contributed by atoms with Crippen LogP contribution in [-0.4, -0.2) is 41.9 Å². The lowest BCUT2D eigenvalue weighted by Crippen LogP contribution is -2.39. The van der Waals surface area contributed by atoms with Gasteiger partial charge in [0.2, 0.25) is 0 Å². The van der Waals surface area contributed by atoms with Gasteiger partial charge in [-0.25, -0.2) is 4.39 Å². The number of aliphatic hydroxyl groups excluding tert-OH is 1. The third kappa shape index (κ3) is 4.22. The molecule has 34 heavy (non-hydrogen) atoms. The summed E-state index contributed by atoms with van der Waals surface area (Å²) < 4.78 is 26.2. The van der Waals surface area contributed by atoms with E-state index in [0.29, 0.717) is 42.3 Å². The first-order chi connectivity index (χ1) is 16.5. The molecule has 5 rings (SSSR count). The van der Waals surface area contributed by atoms with Crippen molar-refractivity contribution in [2.75, 3.05) is 19.8 Å². The smallest absolute Gasteiger partial charge is 0.255 e. The molecule has 0 bridgehead atoms. The van der Waals surface area contributed by atoms with E-state index in [1.807, 2.05) is 43.5 Å². The van der Waals surface area contributed by atoms with Crippen molar-refractivity contribution in [1.29, 1.82) is 0 Å². The summed E-state index contributed by atoms with van der Waals surface area (Å²) in [5, 5.41) is 13.9. The van der Waals surface area contributed by atoms with Crippen LogP contribution in [0.2, 0.25) is 0 Å². The summed E-state index contributed by atoms with van der Waals surface area (Å²) in [6.07, 6.45) is 2.33. The Kier molecular flexibility index (Phi) is 5.94. The predicted octanol–water partition coefficient (Wildman–Crippen LogP) is 4.39. The number of H-pyrrole nitrogens is 1. The van der Waals surface area contributed by atoms with Crippen molar-refractivity contribution in [2.45, 2.75) is 19.4 Å². The number of rotatable bonds is 6. The Morgan fingerprint density at radius 3 is 2.79 bits per heavy atom. The number of carbonyl (C=O) groups is 1. The lowest BCUT2D eigenvalue weighted by molar-refractivity contribution is 0.0906. The Morgan fingerprint density at radius 1 is 1.15 bits per heavy atom. The topological polar surface area (TPSA) is 83.6 Å². The van der Waals surface area contributed by atoms with Crippen LogP contribution >= 0.6 is 0 Å². The fourth-order valence-corrected chi connectivity index (χ4v) is 4.32. The summed E-state index contributed by atoms with van der Waals surface area (Å²) in [6, 6.07) is 15.6. The Balaban J connectivity index is 1.46. The van der Waals surface area contributed by atoms with Gasteiger partial charge >= 0.3 is 0 Å². The number of hydrogen-bond donors (Lipinski definition) is 3. The fraction of sp³-hybridized carbons (Fsp3) is 0.222. The van der Waals surface area contributed by atoms with E-state index >= 15 is 0 Å². The maximum absolute atomic E-state index is 14.7. The highest BCUT2D eigenvalue weighted by molar-refractivity contribution is 5.99. The van der Waals surface area contributed by atoms with E-state index in [1.54, 1.807) is 18.2 Å². The number of amides is 1. The SMILES string of the molecule is Cc1ccc(-c2cc3c(c(C(=O)N[C@@H](CO)Cc4c[nH]c5ccccc45)c2)OCCO3)c(F)c1. The number of aromatic amines is 1. The molecule has 1 aliphatic heterocycles. The van der Waals surface area contributed by atoms with Crippen LogP contribution in [0.15, 0.2) is 60.8 Å². The van der Waals surface area contributed by atoms with Gasteiger partial charge in [0.25, 0.3) is 5.91 Å². The van der Waals surface area contributed by atoms with Crippen LogP contribution in [0.4, 0.5) is 4.39 Å². The average molecular weight is 461 g/mol. The molecule has 6 nitrogen and oxygen atoms in total. The minimum Gasteiger partial charge on any atom is -0.486 e. The lowest BCUT2D eigenvalue weighted by atomic mass is 9.99. The maximum Gasteiger partial charge on any atom is 0.255 e. The van der Waals surface area contributed by atoms with Gasteiger partial charge in [0, 0.05) is 22.7 Å². The average Bonchev–Trinajstić information content (AvgIpc) is 3.25. The summed E-state index contributed by atoms with van der Waals surface area (Å²) >= 11 is 0. The summed E-state index contributed by atoms with van der Waals surface area (Å²) in [5.74, 6) is -0.0829. The van der Waals surface area contributed by atoms with Crippen molar-refractivity contribution in [3.05, 3.63) is 83.3 Å². The molecule has 0 saturated heterocycles. The van der Waals surface area contributed by atoms with Crippen molar-refractivity contribution in [3.63, 3.8) is 0 Å². The highest BCUT2D eigenvalue weighted by Crippen LogP contribution is 2.39. The number of carbonyl (C=O) groups excluding carboxylic acids is 1.